The second kappa shape index (κ2) is 9.80. The van der Waals surface area contributed by atoms with Gasteiger partial charge in [0.2, 0.25) is 11.8 Å². The zero-order valence-electron chi connectivity index (χ0n) is 19.2. The van der Waals surface area contributed by atoms with Crippen LogP contribution in [-0.4, -0.2) is 52.6 Å². The normalized spacial score (nSPS) is 21.0. The smallest absolute Gasteiger partial charge is 0.243 e. The lowest BCUT2D eigenvalue weighted by molar-refractivity contribution is -0.142. The van der Waals surface area contributed by atoms with E-state index in [0.717, 1.165) is 0 Å². The Morgan fingerprint density at radius 1 is 1.29 bits per heavy atom. The molecule has 1 heterocycles. The first kappa shape index (κ1) is 24.8. The van der Waals surface area contributed by atoms with Gasteiger partial charge in [-0.25, -0.2) is 4.39 Å². The number of amides is 2. The van der Waals surface area contributed by atoms with E-state index in [0.29, 0.717) is 11.1 Å². The number of likely N-dealkylation sites (tertiary alicyclic amines) is 1. The minimum absolute atomic E-state index is 0.0713. The summed E-state index contributed by atoms with van der Waals surface area (Å²) in [5.74, 6) is 1.22. The van der Waals surface area contributed by atoms with Gasteiger partial charge in [0.1, 0.15) is 11.9 Å². The molecule has 31 heavy (non-hydrogen) atoms. The molecule has 7 heteroatoms. The van der Waals surface area contributed by atoms with E-state index in [4.69, 9.17) is 6.42 Å². The molecule has 1 fully saturated rings. The first-order valence-electron chi connectivity index (χ1n) is 10.7. The molecule has 2 amide bonds. The van der Waals surface area contributed by atoms with Crippen molar-refractivity contribution < 1.29 is 19.1 Å². The van der Waals surface area contributed by atoms with Gasteiger partial charge in [-0.1, -0.05) is 46.6 Å². The van der Waals surface area contributed by atoms with E-state index in [1.54, 1.807) is 19.1 Å². The van der Waals surface area contributed by atoms with Crippen LogP contribution in [0.15, 0.2) is 18.2 Å². The molecular formula is C24H34FN3O3. The maximum Gasteiger partial charge on any atom is 0.243 e. The molecule has 0 unspecified atom stereocenters. The largest absolute Gasteiger partial charge is 0.391 e. The topological polar surface area (TPSA) is 81.7 Å². The number of aliphatic hydroxyl groups is 1. The Morgan fingerprint density at radius 2 is 1.94 bits per heavy atom. The lowest BCUT2D eigenvalue weighted by Crippen LogP contribution is -2.58. The molecule has 0 bridgehead atoms. The molecule has 0 saturated carbocycles. The Hall–Kier alpha value is -2.43. The Balaban J connectivity index is 2.20. The lowest BCUT2D eigenvalue weighted by Gasteiger charge is -2.36. The Labute approximate surface area is 184 Å². The van der Waals surface area contributed by atoms with Crippen molar-refractivity contribution in [3.8, 4) is 12.3 Å². The van der Waals surface area contributed by atoms with Gasteiger partial charge in [-0.15, -0.1) is 6.42 Å². The van der Waals surface area contributed by atoms with Crippen molar-refractivity contribution in [2.45, 2.75) is 78.2 Å². The zero-order valence-corrected chi connectivity index (χ0v) is 19.2. The molecule has 0 aliphatic carbocycles. The van der Waals surface area contributed by atoms with E-state index in [2.05, 4.69) is 16.6 Å². The molecule has 1 saturated heterocycles. The molecule has 0 aromatic heterocycles. The van der Waals surface area contributed by atoms with E-state index < -0.39 is 36.0 Å². The summed E-state index contributed by atoms with van der Waals surface area (Å²) in [4.78, 5) is 27.8. The van der Waals surface area contributed by atoms with Crippen molar-refractivity contribution in [1.82, 2.24) is 15.5 Å². The average Bonchev–Trinajstić information content (AvgIpc) is 3.06. The third kappa shape index (κ3) is 6.05. The summed E-state index contributed by atoms with van der Waals surface area (Å²) in [5, 5.41) is 16.3. The maximum atomic E-state index is 14.4. The van der Waals surface area contributed by atoms with Crippen molar-refractivity contribution in [3.63, 3.8) is 0 Å². The van der Waals surface area contributed by atoms with E-state index in [9.17, 15) is 19.1 Å². The van der Waals surface area contributed by atoms with E-state index in [1.807, 2.05) is 34.6 Å². The van der Waals surface area contributed by atoms with Crippen molar-refractivity contribution in [3.05, 3.63) is 35.1 Å². The average molecular weight is 432 g/mol. The molecule has 6 nitrogen and oxygen atoms in total. The first-order chi connectivity index (χ1) is 14.3. The van der Waals surface area contributed by atoms with Gasteiger partial charge in [-0.3, -0.25) is 9.59 Å². The summed E-state index contributed by atoms with van der Waals surface area (Å²) < 4.78 is 14.4. The molecule has 2 rings (SSSR count). The van der Waals surface area contributed by atoms with Gasteiger partial charge in [-0.05, 0) is 24.5 Å². The minimum atomic E-state index is -0.822. The number of aliphatic hydroxyl groups excluding tert-OH is 1. The Morgan fingerprint density at radius 3 is 2.45 bits per heavy atom. The maximum absolute atomic E-state index is 14.4. The number of nitrogens with zero attached hydrogens (tertiary/aromatic N) is 1. The second-order valence-corrected chi connectivity index (χ2v) is 9.63. The molecule has 3 N–H and O–H groups in total. The van der Waals surface area contributed by atoms with Gasteiger partial charge in [0.15, 0.2) is 0 Å². The molecule has 0 spiro atoms. The third-order valence-corrected chi connectivity index (χ3v) is 5.47. The number of benzene rings is 1. The monoisotopic (exact) mass is 431 g/mol. The fourth-order valence-electron chi connectivity index (χ4n) is 3.85. The summed E-state index contributed by atoms with van der Waals surface area (Å²) in [5.41, 5.74) is 0.338. The highest BCUT2D eigenvalue weighted by Gasteiger charge is 2.44. The van der Waals surface area contributed by atoms with Crippen molar-refractivity contribution in [2.75, 3.05) is 6.54 Å². The Kier molecular flexibility index (Phi) is 7.85. The van der Waals surface area contributed by atoms with Crippen LogP contribution in [0.25, 0.3) is 0 Å². The zero-order chi connectivity index (χ0) is 23.5. The summed E-state index contributed by atoms with van der Waals surface area (Å²) in [6.07, 6.45) is 4.65. The van der Waals surface area contributed by atoms with Gasteiger partial charge in [0.05, 0.1) is 18.2 Å². The summed E-state index contributed by atoms with van der Waals surface area (Å²) in [6, 6.07) is 2.52. The molecule has 4 atom stereocenters. The Bertz CT molecular complexity index is 857. The van der Waals surface area contributed by atoms with Crippen LogP contribution in [0.3, 0.4) is 0 Å². The van der Waals surface area contributed by atoms with Crippen LogP contribution in [0.2, 0.25) is 0 Å². The molecular weight excluding hydrogens is 397 g/mol. The van der Waals surface area contributed by atoms with Gasteiger partial charge in [0, 0.05) is 30.1 Å². The number of hydrogen-bond acceptors (Lipinski definition) is 4. The fourth-order valence-corrected chi connectivity index (χ4v) is 3.85. The number of carbonyl (C=O) groups excluding carboxylic acids is 2. The van der Waals surface area contributed by atoms with Gasteiger partial charge >= 0.3 is 0 Å². The predicted molar refractivity (Wildman–Crippen MR) is 119 cm³/mol. The molecule has 1 aliphatic heterocycles. The van der Waals surface area contributed by atoms with Gasteiger partial charge in [0.25, 0.3) is 0 Å². The van der Waals surface area contributed by atoms with E-state index in [1.165, 1.54) is 11.0 Å². The van der Waals surface area contributed by atoms with Crippen LogP contribution in [0, 0.1) is 23.6 Å². The SMILES string of the molecule is C#Cc1ccc([C@H](C)NC(=O)[C@@H]2C[C@@H](O)CN2C(=O)[C@@H](NC(C)C)C(C)(C)C)c(F)c1. The van der Waals surface area contributed by atoms with Crippen LogP contribution >= 0.6 is 0 Å². The van der Waals surface area contributed by atoms with Crippen LogP contribution in [0.5, 0.6) is 0 Å². The highest BCUT2D eigenvalue weighted by molar-refractivity contribution is 5.91. The second-order valence-electron chi connectivity index (χ2n) is 9.63. The number of β-amino-alcohol motifs (C(OH)–C–C–N with tert-alkyl or cyclic N) is 1. The summed E-state index contributed by atoms with van der Waals surface area (Å²) in [7, 11) is 0. The molecule has 0 radical (unpaired) electrons. The number of terminal acetylenes is 1. The predicted octanol–water partition coefficient (Wildman–Crippen LogP) is 2.36. The van der Waals surface area contributed by atoms with Crippen LogP contribution in [0.1, 0.15) is 65.1 Å². The number of halogens is 1. The number of hydrogen-bond donors (Lipinski definition) is 3. The van der Waals surface area contributed by atoms with Crippen LogP contribution in [-0.2, 0) is 9.59 Å². The van der Waals surface area contributed by atoms with Crippen molar-refractivity contribution in [2.24, 2.45) is 5.41 Å². The number of carbonyl (C=O) groups is 2. The van der Waals surface area contributed by atoms with E-state index in [-0.39, 0.29) is 30.3 Å². The lowest BCUT2D eigenvalue weighted by atomic mass is 9.85. The van der Waals surface area contributed by atoms with Crippen LogP contribution < -0.4 is 10.6 Å². The van der Waals surface area contributed by atoms with Gasteiger partial charge < -0.3 is 20.6 Å². The summed E-state index contributed by atoms with van der Waals surface area (Å²) >= 11 is 0. The molecule has 1 aliphatic rings. The van der Waals surface area contributed by atoms with Gasteiger partial charge in [-0.2, -0.15) is 0 Å². The highest BCUT2D eigenvalue weighted by atomic mass is 19.1. The first-order valence-corrected chi connectivity index (χ1v) is 10.7. The highest BCUT2D eigenvalue weighted by Crippen LogP contribution is 2.27. The molecule has 1 aromatic carbocycles. The summed E-state index contributed by atoms with van der Waals surface area (Å²) in [6.45, 7) is 11.5. The standard InChI is InChI=1S/C24H34FN3O3/c1-8-16-9-10-18(19(25)11-16)15(4)27-22(30)20-12-17(29)13-28(20)23(31)21(24(5,6)7)26-14(2)3/h1,9-11,14-15,17,20-21,26,29H,12-13H2,2-7H3,(H,27,30)/t15-,17+,20-,21+/m0/s1. The van der Waals surface area contributed by atoms with Crippen molar-refractivity contribution in [1.29, 1.82) is 0 Å². The quantitative estimate of drug-likeness (QED) is 0.604. The minimum Gasteiger partial charge on any atom is -0.391 e. The van der Waals surface area contributed by atoms with Crippen molar-refractivity contribution >= 4 is 11.8 Å². The number of nitrogens with one attached hydrogen (secondary N) is 2. The third-order valence-electron chi connectivity index (χ3n) is 5.47. The molecule has 170 valence electrons. The van der Waals surface area contributed by atoms with E-state index >= 15 is 0 Å². The number of rotatable bonds is 6. The fraction of sp³-hybridized carbons (Fsp3) is 0.583. The molecule has 1 aromatic rings. The van der Waals surface area contributed by atoms with Crippen LogP contribution in [0.4, 0.5) is 4.39 Å².